The number of hydrogen-bond donors (Lipinski definition) is 1. The minimum atomic E-state index is -4.95. The Hall–Kier alpha value is -3.86. The second kappa shape index (κ2) is 9.41. The molecule has 7 nitrogen and oxygen atoms in total. The van der Waals surface area contributed by atoms with Crippen molar-refractivity contribution in [1.29, 1.82) is 0 Å². The molecule has 0 radical (unpaired) electrons. The zero-order valence-corrected chi connectivity index (χ0v) is 19.5. The molecule has 1 atom stereocenters. The lowest BCUT2D eigenvalue weighted by Gasteiger charge is -2.25. The van der Waals surface area contributed by atoms with E-state index in [0.717, 1.165) is 17.0 Å². The summed E-state index contributed by atoms with van der Waals surface area (Å²) in [7, 11) is 1.46. The molecule has 3 aromatic rings. The van der Waals surface area contributed by atoms with E-state index in [1.165, 1.54) is 43.6 Å². The number of carbonyl (C=O) groups excluding carboxylic acids is 2. The maximum Gasteiger partial charge on any atom is 0.573 e. The van der Waals surface area contributed by atoms with Gasteiger partial charge >= 0.3 is 6.36 Å². The topological polar surface area (TPSA) is 89.0 Å². The summed E-state index contributed by atoms with van der Waals surface area (Å²) in [5, 5.41) is 11.1. The van der Waals surface area contributed by atoms with E-state index >= 15 is 0 Å². The molecule has 0 saturated carbocycles. The van der Waals surface area contributed by atoms with Gasteiger partial charge in [0.1, 0.15) is 23.3 Å². The predicted molar refractivity (Wildman–Crippen MR) is 123 cm³/mol. The Morgan fingerprint density at radius 1 is 1.09 bits per heavy atom. The molecule has 0 bridgehead atoms. The molecule has 2 aromatic carbocycles. The molecule has 1 aromatic heterocycles. The lowest BCUT2D eigenvalue weighted by Crippen LogP contribution is -2.30. The number of anilines is 1. The smallest absolute Gasteiger partial charge is 0.507 e. The van der Waals surface area contributed by atoms with Crippen LogP contribution in [-0.4, -0.2) is 35.3 Å². The van der Waals surface area contributed by atoms with Crippen LogP contribution in [0.1, 0.15) is 17.3 Å². The minimum absolute atomic E-state index is 0.0422. The zero-order valence-electron chi connectivity index (χ0n) is 17.9. The third-order valence-electron chi connectivity index (χ3n) is 5.17. The number of methoxy groups -OCH3 is 1. The molecule has 11 heteroatoms. The molecule has 1 N–H and O–H groups in total. The summed E-state index contributed by atoms with van der Waals surface area (Å²) in [6, 6.07) is 12.8. The highest BCUT2D eigenvalue weighted by Crippen LogP contribution is 2.43. The van der Waals surface area contributed by atoms with Gasteiger partial charge in [0, 0.05) is 23.5 Å². The summed E-state index contributed by atoms with van der Waals surface area (Å²) < 4.78 is 47.9. The van der Waals surface area contributed by atoms with Gasteiger partial charge in [0.25, 0.3) is 11.7 Å². The number of rotatable bonds is 5. The van der Waals surface area contributed by atoms with E-state index in [4.69, 9.17) is 4.74 Å². The molecule has 1 unspecified atom stereocenters. The number of halogens is 4. The van der Waals surface area contributed by atoms with Crippen molar-refractivity contribution in [1.82, 2.24) is 4.98 Å². The molecule has 180 valence electrons. The van der Waals surface area contributed by atoms with Gasteiger partial charge in [0.15, 0.2) is 0 Å². The fraction of sp³-hybridized carbons (Fsp3) is 0.125. The summed E-state index contributed by atoms with van der Waals surface area (Å²) in [6.07, 6.45) is -3.52. The second-order valence-electron chi connectivity index (χ2n) is 7.32. The van der Waals surface area contributed by atoms with Crippen LogP contribution in [0.15, 0.2) is 76.9 Å². The van der Waals surface area contributed by atoms with Gasteiger partial charge in [-0.2, -0.15) is 0 Å². The van der Waals surface area contributed by atoms with Crippen LogP contribution in [0, 0.1) is 0 Å². The molecule has 1 amide bonds. The zero-order chi connectivity index (χ0) is 25.3. The van der Waals surface area contributed by atoms with Crippen molar-refractivity contribution in [2.75, 3.05) is 12.0 Å². The standard InChI is InChI=1S/C24H16BrF3N2O5/c1-34-18-9-8-13(11-16(18)25)21(31)19-20(17-7-2-3-10-29-17)30(23(33)22(19)32)14-5-4-6-15(12-14)35-24(26,27)28/h2-12,20,31H,1H3/b21-19+. The molecule has 1 aliphatic heterocycles. The third kappa shape index (κ3) is 4.85. The van der Waals surface area contributed by atoms with Gasteiger partial charge in [0.2, 0.25) is 0 Å². The van der Waals surface area contributed by atoms with Gasteiger partial charge in [-0.25, -0.2) is 0 Å². The van der Waals surface area contributed by atoms with Gasteiger partial charge in [-0.1, -0.05) is 12.1 Å². The number of pyridine rings is 1. The summed E-state index contributed by atoms with van der Waals surface area (Å²) in [4.78, 5) is 31.4. The number of aromatic nitrogens is 1. The van der Waals surface area contributed by atoms with Crippen LogP contribution in [0.3, 0.4) is 0 Å². The fourth-order valence-electron chi connectivity index (χ4n) is 3.72. The first-order valence-corrected chi connectivity index (χ1v) is 10.8. The monoisotopic (exact) mass is 548 g/mol. The Morgan fingerprint density at radius 2 is 1.86 bits per heavy atom. The maximum absolute atomic E-state index is 13.1. The lowest BCUT2D eigenvalue weighted by molar-refractivity contribution is -0.274. The summed E-state index contributed by atoms with van der Waals surface area (Å²) in [5.41, 5.74) is 0.126. The fourth-order valence-corrected chi connectivity index (χ4v) is 4.26. The van der Waals surface area contributed by atoms with E-state index in [1.54, 1.807) is 18.2 Å². The highest BCUT2D eigenvalue weighted by Gasteiger charge is 2.48. The molecule has 1 saturated heterocycles. The van der Waals surface area contributed by atoms with Crippen molar-refractivity contribution in [3.63, 3.8) is 0 Å². The molecule has 0 aliphatic carbocycles. The summed E-state index contributed by atoms with van der Waals surface area (Å²) in [6.45, 7) is 0. The highest BCUT2D eigenvalue weighted by molar-refractivity contribution is 9.10. The first kappa shape index (κ1) is 24.3. The van der Waals surface area contributed by atoms with Crippen LogP contribution in [-0.2, 0) is 9.59 Å². The number of benzene rings is 2. The van der Waals surface area contributed by atoms with Crippen LogP contribution in [0.25, 0.3) is 5.76 Å². The van der Waals surface area contributed by atoms with Gasteiger partial charge in [-0.15, -0.1) is 13.2 Å². The maximum atomic E-state index is 13.1. The minimum Gasteiger partial charge on any atom is -0.507 e. The van der Waals surface area contributed by atoms with Gasteiger partial charge in [-0.05, 0) is 58.4 Å². The predicted octanol–water partition coefficient (Wildman–Crippen LogP) is 5.38. The number of nitrogens with zero attached hydrogens (tertiary/aromatic N) is 2. The number of aliphatic hydroxyl groups is 1. The number of amides is 1. The van der Waals surface area contributed by atoms with Gasteiger partial charge < -0.3 is 14.6 Å². The second-order valence-corrected chi connectivity index (χ2v) is 8.17. The number of alkyl halides is 3. The van der Waals surface area contributed by atoms with Crippen LogP contribution in [0.2, 0.25) is 0 Å². The lowest BCUT2D eigenvalue weighted by atomic mass is 9.98. The first-order chi connectivity index (χ1) is 16.6. The molecule has 2 heterocycles. The molecule has 35 heavy (non-hydrogen) atoms. The number of Topliss-reactive ketones (excluding diaryl/α,β-unsaturated/α-hetero) is 1. The third-order valence-corrected chi connectivity index (χ3v) is 5.79. The largest absolute Gasteiger partial charge is 0.573 e. The Kier molecular flexibility index (Phi) is 6.53. The first-order valence-electron chi connectivity index (χ1n) is 10.0. The molecular formula is C24H16BrF3N2O5. The van der Waals surface area contributed by atoms with Crippen LogP contribution >= 0.6 is 15.9 Å². The van der Waals surface area contributed by atoms with E-state index < -0.39 is 35.6 Å². The Labute approximate surface area is 205 Å². The van der Waals surface area contributed by atoms with E-state index in [1.807, 2.05) is 0 Å². The van der Waals surface area contributed by atoms with Crippen molar-refractivity contribution >= 4 is 39.1 Å². The van der Waals surface area contributed by atoms with Crippen molar-refractivity contribution in [3.05, 3.63) is 88.2 Å². The number of carbonyl (C=O) groups is 2. The Balaban J connectivity index is 1.89. The van der Waals surface area contributed by atoms with E-state index in [9.17, 15) is 27.9 Å². The normalized spacial score (nSPS) is 17.5. The van der Waals surface area contributed by atoms with Crippen LogP contribution in [0.4, 0.5) is 18.9 Å². The number of ketones is 1. The van der Waals surface area contributed by atoms with Crippen molar-refractivity contribution in [3.8, 4) is 11.5 Å². The molecule has 0 spiro atoms. The van der Waals surface area contributed by atoms with Crippen molar-refractivity contribution in [2.45, 2.75) is 12.4 Å². The Bertz CT molecular complexity index is 1330. The summed E-state index contributed by atoms with van der Waals surface area (Å²) >= 11 is 3.31. The number of ether oxygens (including phenoxy) is 2. The number of hydrogen-bond acceptors (Lipinski definition) is 6. The average Bonchev–Trinajstić information content (AvgIpc) is 3.08. The van der Waals surface area contributed by atoms with Crippen LogP contribution < -0.4 is 14.4 Å². The van der Waals surface area contributed by atoms with E-state index in [2.05, 4.69) is 25.7 Å². The quantitative estimate of drug-likeness (QED) is 0.261. The molecule has 1 fully saturated rings. The Morgan fingerprint density at radius 3 is 2.49 bits per heavy atom. The van der Waals surface area contributed by atoms with Gasteiger partial charge in [-0.3, -0.25) is 19.5 Å². The highest BCUT2D eigenvalue weighted by atomic mass is 79.9. The summed E-state index contributed by atoms with van der Waals surface area (Å²) in [5.74, 6) is -2.64. The van der Waals surface area contributed by atoms with E-state index in [-0.39, 0.29) is 22.5 Å². The molecule has 4 rings (SSSR count). The average molecular weight is 549 g/mol. The number of aliphatic hydroxyl groups excluding tert-OH is 1. The van der Waals surface area contributed by atoms with Crippen molar-refractivity contribution in [2.24, 2.45) is 0 Å². The molecular weight excluding hydrogens is 533 g/mol. The SMILES string of the molecule is COc1ccc(/C(O)=C2\C(=O)C(=O)N(c3cccc(OC(F)(F)F)c3)C2c2ccccn2)cc1Br. The molecule has 1 aliphatic rings. The van der Waals surface area contributed by atoms with E-state index in [0.29, 0.717) is 10.2 Å². The van der Waals surface area contributed by atoms with Crippen molar-refractivity contribution < 1.29 is 37.3 Å². The van der Waals surface area contributed by atoms with Crippen LogP contribution in [0.5, 0.6) is 11.5 Å². The van der Waals surface area contributed by atoms with Gasteiger partial charge in [0.05, 0.1) is 22.8 Å².